The van der Waals surface area contributed by atoms with E-state index in [-0.39, 0.29) is 6.10 Å². The van der Waals surface area contributed by atoms with Crippen molar-refractivity contribution in [3.8, 4) is 0 Å². The summed E-state index contributed by atoms with van der Waals surface area (Å²) in [6.07, 6.45) is 19.8. The van der Waals surface area contributed by atoms with Crippen molar-refractivity contribution >= 4 is 5.78 Å². The van der Waals surface area contributed by atoms with Gasteiger partial charge >= 0.3 is 0 Å². The summed E-state index contributed by atoms with van der Waals surface area (Å²) in [6.45, 7) is 10.5. The summed E-state index contributed by atoms with van der Waals surface area (Å²) in [5, 5.41) is 15.6. The molecule has 4 aliphatic carbocycles. The predicted octanol–water partition coefficient (Wildman–Crippen LogP) is 7.78. The Morgan fingerprint density at radius 2 is 1.80 bits per heavy atom. The Balaban J connectivity index is 1.10. The maximum atomic E-state index is 11.7. The minimum Gasteiger partial charge on any atom is -0.393 e. The highest BCUT2D eigenvalue weighted by Crippen LogP contribution is 2.68. The molecule has 4 fully saturated rings. The number of pyridine rings is 1. The zero-order valence-corrected chi connectivity index (χ0v) is 26.0. The van der Waals surface area contributed by atoms with Crippen molar-refractivity contribution in [1.82, 2.24) is 10.3 Å². The lowest BCUT2D eigenvalue weighted by atomic mass is 9.43. The number of unbranched alkanes of at least 4 members (excludes halogenated alkanes) is 3. The molecule has 0 bridgehead atoms. The van der Waals surface area contributed by atoms with Gasteiger partial charge in [0.05, 0.1) is 6.10 Å². The molecule has 4 heteroatoms. The van der Waals surface area contributed by atoms with Gasteiger partial charge in [0.25, 0.3) is 0 Å². The zero-order valence-electron chi connectivity index (χ0n) is 26.0. The SMILES string of the molecule is CC(=O)CC[C@@H](C)[C@H]1CCC2C3C(O)C[C@H]4C[C@@H](NCCCCCCc5ccccn5)CC[C@]4(C)C3CC[C@@]21C. The number of aliphatic hydroxyl groups is 1. The number of aliphatic hydroxyl groups excluding tert-OH is 1. The van der Waals surface area contributed by atoms with E-state index >= 15 is 0 Å². The molecule has 10 atom stereocenters. The van der Waals surface area contributed by atoms with E-state index in [0.29, 0.717) is 58.2 Å². The summed E-state index contributed by atoms with van der Waals surface area (Å²) in [5.41, 5.74) is 1.96. The molecule has 1 aromatic rings. The largest absolute Gasteiger partial charge is 0.393 e. The zero-order chi connectivity index (χ0) is 28.3. The van der Waals surface area contributed by atoms with Crippen molar-refractivity contribution < 1.29 is 9.90 Å². The second-order valence-corrected chi connectivity index (χ2v) is 15.2. The van der Waals surface area contributed by atoms with Crippen molar-refractivity contribution in [2.75, 3.05) is 6.54 Å². The highest BCUT2D eigenvalue weighted by atomic mass is 16.3. The number of rotatable bonds is 12. The molecule has 0 saturated heterocycles. The van der Waals surface area contributed by atoms with E-state index < -0.39 is 0 Å². The van der Waals surface area contributed by atoms with Crippen molar-refractivity contribution in [2.45, 2.75) is 136 Å². The molecule has 0 aromatic carbocycles. The Morgan fingerprint density at radius 1 is 1.02 bits per heavy atom. The van der Waals surface area contributed by atoms with Gasteiger partial charge in [0.1, 0.15) is 5.78 Å². The number of Topliss-reactive ketones (excluding diaryl/α,β-unsaturated/α-hetero) is 1. The van der Waals surface area contributed by atoms with Crippen LogP contribution >= 0.6 is 0 Å². The van der Waals surface area contributed by atoms with E-state index in [0.717, 1.165) is 32.2 Å². The fourth-order valence-corrected chi connectivity index (χ4v) is 10.7. The van der Waals surface area contributed by atoms with E-state index in [1.165, 1.54) is 76.3 Å². The van der Waals surface area contributed by atoms with E-state index in [9.17, 15) is 9.90 Å². The highest BCUT2D eigenvalue weighted by molar-refractivity contribution is 5.75. The van der Waals surface area contributed by atoms with Crippen LogP contribution in [0.2, 0.25) is 0 Å². The van der Waals surface area contributed by atoms with Crippen molar-refractivity contribution in [3.05, 3.63) is 30.1 Å². The number of aromatic nitrogens is 1. The first-order chi connectivity index (χ1) is 19.2. The number of aryl methyl sites for hydroxylation is 1. The minimum absolute atomic E-state index is 0.128. The van der Waals surface area contributed by atoms with Gasteiger partial charge in [-0.2, -0.15) is 0 Å². The van der Waals surface area contributed by atoms with Gasteiger partial charge in [-0.05, 0) is 149 Å². The van der Waals surface area contributed by atoms with Gasteiger partial charge < -0.3 is 15.2 Å². The van der Waals surface area contributed by atoms with E-state index in [2.05, 4.69) is 43.2 Å². The quantitative estimate of drug-likeness (QED) is 0.261. The Morgan fingerprint density at radius 3 is 2.58 bits per heavy atom. The van der Waals surface area contributed by atoms with Crippen LogP contribution in [0.25, 0.3) is 0 Å². The van der Waals surface area contributed by atoms with Crippen LogP contribution in [0.3, 0.4) is 0 Å². The first kappa shape index (κ1) is 30.2. The molecule has 4 aliphatic rings. The number of carbonyl (C=O) groups is 1. The third-order valence-electron chi connectivity index (χ3n) is 12.9. The molecular weight excluding hydrogens is 492 g/mol. The van der Waals surface area contributed by atoms with Crippen molar-refractivity contribution in [1.29, 1.82) is 0 Å². The lowest BCUT2D eigenvalue weighted by molar-refractivity contribution is -0.167. The number of hydrogen-bond donors (Lipinski definition) is 2. The molecule has 2 N–H and O–H groups in total. The molecular formula is C36H58N2O2. The number of hydrogen-bond acceptors (Lipinski definition) is 4. The maximum absolute atomic E-state index is 11.7. The molecule has 4 nitrogen and oxygen atoms in total. The Hall–Kier alpha value is -1.26. The summed E-state index contributed by atoms with van der Waals surface area (Å²) < 4.78 is 0. The van der Waals surface area contributed by atoms with E-state index in [1.807, 2.05) is 12.3 Å². The van der Waals surface area contributed by atoms with Crippen LogP contribution in [0.15, 0.2) is 24.4 Å². The van der Waals surface area contributed by atoms with Gasteiger partial charge in [0.2, 0.25) is 0 Å². The normalized spacial score (nSPS) is 39.7. The molecule has 0 spiro atoms. The number of nitrogens with one attached hydrogen (secondary N) is 1. The Bertz CT molecular complexity index is 967. The van der Waals surface area contributed by atoms with Gasteiger partial charge in [-0.3, -0.25) is 4.98 Å². The molecule has 5 rings (SSSR count). The lowest BCUT2D eigenvalue weighted by Gasteiger charge is -2.62. The monoisotopic (exact) mass is 550 g/mol. The number of fused-ring (bicyclic) bond motifs is 5. The van der Waals surface area contributed by atoms with Crippen LogP contribution in [0.1, 0.15) is 123 Å². The second-order valence-electron chi connectivity index (χ2n) is 15.2. The van der Waals surface area contributed by atoms with Crippen LogP contribution in [0, 0.1) is 46.3 Å². The number of nitrogens with zero attached hydrogens (tertiary/aromatic N) is 1. The number of ketones is 1. The Labute approximate surface area is 244 Å². The first-order valence-corrected chi connectivity index (χ1v) is 17.0. The lowest BCUT2D eigenvalue weighted by Crippen LogP contribution is -2.59. The maximum Gasteiger partial charge on any atom is 0.129 e. The van der Waals surface area contributed by atoms with Crippen LogP contribution in [-0.2, 0) is 11.2 Å². The molecule has 40 heavy (non-hydrogen) atoms. The average Bonchev–Trinajstić information content (AvgIpc) is 3.29. The van der Waals surface area contributed by atoms with Gasteiger partial charge in [-0.1, -0.05) is 39.7 Å². The number of carbonyl (C=O) groups excluding carboxylic acids is 1. The summed E-state index contributed by atoms with van der Waals surface area (Å²) in [4.78, 5) is 16.1. The average molecular weight is 551 g/mol. The molecule has 0 aliphatic heterocycles. The summed E-state index contributed by atoms with van der Waals surface area (Å²) >= 11 is 0. The third kappa shape index (κ3) is 6.24. The Kier molecular flexibility index (Phi) is 9.77. The van der Waals surface area contributed by atoms with Gasteiger partial charge in [-0.15, -0.1) is 0 Å². The van der Waals surface area contributed by atoms with Crippen molar-refractivity contribution in [2.24, 2.45) is 46.3 Å². The van der Waals surface area contributed by atoms with Gasteiger partial charge in [0, 0.05) is 24.4 Å². The molecule has 224 valence electrons. The van der Waals surface area contributed by atoms with Gasteiger partial charge in [-0.25, -0.2) is 0 Å². The standard InChI is InChI=1S/C36H58N2O2/c1-25(13-14-26(2)39)30-15-16-31-34-32(18-20-36(30,31)4)35(3)19-17-29(23-27(35)24-33(34)40)38-21-9-6-5-7-11-28-12-8-10-22-37-28/h8,10,12,22,25,27,29-34,38,40H,5-7,9,11,13-21,23-24H2,1-4H3/t25-,27-,29+,30-,31?,32?,33?,34?,35+,36-/m1/s1. The topological polar surface area (TPSA) is 62.2 Å². The smallest absolute Gasteiger partial charge is 0.129 e. The van der Waals surface area contributed by atoms with Crippen LogP contribution < -0.4 is 5.32 Å². The fraction of sp³-hybridized carbons (Fsp3) is 0.833. The van der Waals surface area contributed by atoms with Gasteiger partial charge in [0.15, 0.2) is 0 Å². The third-order valence-corrected chi connectivity index (χ3v) is 12.9. The first-order valence-electron chi connectivity index (χ1n) is 17.0. The summed E-state index contributed by atoms with van der Waals surface area (Å²) in [7, 11) is 0. The van der Waals surface area contributed by atoms with Crippen molar-refractivity contribution in [3.63, 3.8) is 0 Å². The second kappa shape index (κ2) is 12.9. The fourth-order valence-electron chi connectivity index (χ4n) is 10.7. The van der Waals surface area contributed by atoms with E-state index in [4.69, 9.17) is 0 Å². The molecule has 0 amide bonds. The molecule has 4 saturated carbocycles. The minimum atomic E-state index is -0.128. The predicted molar refractivity (Wildman–Crippen MR) is 164 cm³/mol. The summed E-state index contributed by atoms with van der Waals surface area (Å²) in [6, 6.07) is 6.84. The molecule has 1 heterocycles. The molecule has 4 unspecified atom stereocenters. The van der Waals surface area contributed by atoms with Crippen LogP contribution in [0.4, 0.5) is 0 Å². The highest BCUT2D eigenvalue weighted by Gasteiger charge is 2.62. The molecule has 0 radical (unpaired) electrons. The van der Waals surface area contributed by atoms with E-state index in [1.54, 1.807) is 6.92 Å². The van der Waals surface area contributed by atoms with Crippen LogP contribution in [-0.4, -0.2) is 34.6 Å². The summed E-state index contributed by atoms with van der Waals surface area (Å²) in [5.74, 6) is 4.15. The van der Waals surface area contributed by atoms with Crippen LogP contribution in [0.5, 0.6) is 0 Å². The molecule has 1 aromatic heterocycles.